The second-order valence-electron chi connectivity index (χ2n) is 6.07. The first kappa shape index (κ1) is 17.1. The minimum Gasteiger partial charge on any atom is -0.0830 e. The van der Waals surface area contributed by atoms with Gasteiger partial charge in [-0.15, -0.1) is 0 Å². The summed E-state index contributed by atoms with van der Waals surface area (Å²) in [6.07, 6.45) is 0. The Hall–Kier alpha value is -2.35. The van der Waals surface area contributed by atoms with Crippen molar-refractivity contribution in [2.24, 2.45) is 0 Å². The Morgan fingerprint density at radius 2 is 0.962 bits per heavy atom. The lowest BCUT2D eigenvalue weighted by Gasteiger charge is -2.18. The van der Waals surface area contributed by atoms with Crippen LogP contribution in [0.3, 0.4) is 0 Å². The SMILES string of the molecule is Clc1c(-c2ccccc2)cc(Br)c(-c2ccccc2)c1-c1ccccc1. The van der Waals surface area contributed by atoms with Crippen molar-refractivity contribution in [2.75, 3.05) is 0 Å². The van der Waals surface area contributed by atoms with Crippen LogP contribution in [-0.2, 0) is 0 Å². The molecule has 0 aliphatic heterocycles. The molecule has 26 heavy (non-hydrogen) atoms. The predicted octanol–water partition coefficient (Wildman–Crippen LogP) is 8.10. The van der Waals surface area contributed by atoms with Crippen molar-refractivity contribution in [2.45, 2.75) is 0 Å². The fraction of sp³-hybridized carbons (Fsp3) is 0. The average molecular weight is 420 g/mol. The molecule has 0 aliphatic rings. The highest BCUT2D eigenvalue weighted by molar-refractivity contribution is 9.10. The smallest absolute Gasteiger partial charge is 0.0569 e. The first-order valence-corrected chi connectivity index (χ1v) is 9.61. The highest BCUT2D eigenvalue weighted by Gasteiger charge is 2.19. The maximum absolute atomic E-state index is 6.98. The summed E-state index contributed by atoms with van der Waals surface area (Å²) in [5.74, 6) is 0. The first-order valence-electron chi connectivity index (χ1n) is 8.44. The zero-order valence-corrected chi connectivity index (χ0v) is 16.3. The van der Waals surface area contributed by atoms with E-state index in [-0.39, 0.29) is 0 Å². The van der Waals surface area contributed by atoms with Crippen LogP contribution in [-0.4, -0.2) is 0 Å². The maximum atomic E-state index is 6.98. The topological polar surface area (TPSA) is 0 Å². The lowest BCUT2D eigenvalue weighted by molar-refractivity contribution is 1.54. The van der Waals surface area contributed by atoms with Crippen LogP contribution in [0.25, 0.3) is 33.4 Å². The van der Waals surface area contributed by atoms with Crippen LogP contribution in [0.1, 0.15) is 0 Å². The van der Waals surface area contributed by atoms with Crippen molar-refractivity contribution < 1.29 is 0 Å². The van der Waals surface area contributed by atoms with E-state index in [9.17, 15) is 0 Å². The zero-order chi connectivity index (χ0) is 17.9. The van der Waals surface area contributed by atoms with Crippen molar-refractivity contribution in [3.8, 4) is 33.4 Å². The number of halogens is 2. The molecule has 0 amide bonds. The van der Waals surface area contributed by atoms with Gasteiger partial charge in [0.25, 0.3) is 0 Å². The summed E-state index contributed by atoms with van der Waals surface area (Å²) < 4.78 is 1.03. The maximum Gasteiger partial charge on any atom is 0.0569 e. The Bertz CT molecular complexity index is 1030. The summed E-state index contributed by atoms with van der Waals surface area (Å²) >= 11 is 10.8. The van der Waals surface area contributed by atoms with Gasteiger partial charge in [0.1, 0.15) is 0 Å². The molecule has 2 heteroatoms. The molecule has 4 aromatic carbocycles. The second kappa shape index (κ2) is 7.49. The lowest BCUT2D eigenvalue weighted by Crippen LogP contribution is -1.92. The molecule has 0 bridgehead atoms. The molecule has 0 unspecified atom stereocenters. The van der Waals surface area contributed by atoms with E-state index >= 15 is 0 Å². The number of hydrogen-bond acceptors (Lipinski definition) is 0. The summed E-state index contributed by atoms with van der Waals surface area (Å²) in [4.78, 5) is 0. The molecule has 0 saturated heterocycles. The summed E-state index contributed by atoms with van der Waals surface area (Å²) in [6.45, 7) is 0. The Labute approximate surface area is 167 Å². The Morgan fingerprint density at radius 1 is 0.538 bits per heavy atom. The van der Waals surface area contributed by atoms with E-state index in [0.29, 0.717) is 0 Å². The minimum atomic E-state index is 0.768. The van der Waals surface area contributed by atoms with Crippen LogP contribution >= 0.6 is 27.5 Å². The second-order valence-corrected chi connectivity index (χ2v) is 7.30. The summed E-state index contributed by atoms with van der Waals surface area (Å²) in [5.41, 5.74) is 6.54. The van der Waals surface area contributed by atoms with Crippen LogP contribution < -0.4 is 0 Å². The van der Waals surface area contributed by atoms with E-state index < -0.39 is 0 Å². The van der Waals surface area contributed by atoms with Gasteiger partial charge < -0.3 is 0 Å². The van der Waals surface area contributed by atoms with Crippen LogP contribution in [0.5, 0.6) is 0 Å². The minimum absolute atomic E-state index is 0.768. The summed E-state index contributed by atoms with van der Waals surface area (Å²) in [5, 5.41) is 0.768. The molecular weight excluding hydrogens is 404 g/mol. The predicted molar refractivity (Wildman–Crippen MR) is 115 cm³/mol. The fourth-order valence-corrected chi connectivity index (χ4v) is 4.24. The van der Waals surface area contributed by atoms with Gasteiger partial charge in [-0.3, -0.25) is 0 Å². The summed E-state index contributed by atoms with van der Waals surface area (Å²) in [7, 11) is 0. The molecular formula is C24H16BrCl. The molecule has 4 aromatic rings. The van der Waals surface area contributed by atoms with Crippen LogP contribution in [0.4, 0.5) is 0 Å². The molecule has 4 rings (SSSR count). The van der Waals surface area contributed by atoms with Gasteiger partial charge in [-0.2, -0.15) is 0 Å². The Balaban J connectivity index is 2.06. The molecule has 126 valence electrons. The van der Waals surface area contributed by atoms with Gasteiger partial charge in [-0.25, -0.2) is 0 Å². The van der Waals surface area contributed by atoms with Crippen LogP contribution in [0.15, 0.2) is 102 Å². The highest BCUT2D eigenvalue weighted by Crippen LogP contribution is 2.46. The van der Waals surface area contributed by atoms with Gasteiger partial charge in [0.2, 0.25) is 0 Å². The van der Waals surface area contributed by atoms with Crippen LogP contribution in [0.2, 0.25) is 5.02 Å². The quantitative estimate of drug-likeness (QED) is 0.314. The molecule has 0 fully saturated rings. The zero-order valence-electron chi connectivity index (χ0n) is 14.0. The van der Waals surface area contributed by atoms with Crippen molar-refractivity contribution in [1.82, 2.24) is 0 Å². The third-order valence-corrected chi connectivity index (χ3v) is 5.44. The molecule has 0 nitrogen and oxygen atoms in total. The normalized spacial score (nSPS) is 10.7. The third kappa shape index (κ3) is 3.21. The van der Waals surface area contributed by atoms with Gasteiger partial charge in [0.05, 0.1) is 5.02 Å². The Morgan fingerprint density at radius 3 is 1.46 bits per heavy atom. The molecule has 0 aliphatic carbocycles. The van der Waals surface area contributed by atoms with E-state index in [1.165, 1.54) is 0 Å². The van der Waals surface area contributed by atoms with Crippen molar-refractivity contribution in [3.63, 3.8) is 0 Å². The van der Waals surface area contributed by atoms with Crippen molar-refractivity contribution in [3.05, 3.63) is 107 Å². The Kier molecular flexibility index (Phi) is 4.92. The summed E-state index contributed by atoms with van der Waals surface area (Å²) in [6, 6.07) is 33.1. The molecule has 0 heterocycles. The fourth-order valence-electron chi connectivity index (χ4n) is 3.22. The van der Waals surface area contributed by atoms with Gasteiger partial charge in [-0.1, -0.05) is 119 Å². The molecule has 0 N–H and O–H groups in total. The first-order chi connectivity index (χ1) is 12.8. The van der Waals surface area contributed by atoms with Gasteiger partial charge in [0, 0.05) is 21.2 Å². The highest BCUT2D eigenvalue weighted by atomic mass is 79.9. The molecule has 0 radical (unpaired) electrons. The monoisotopic (exact) mass is 418 g/mol. The van der Waals surface area contributed by atoms with Gasteiger partial charge >= 0.3 is 0 Å². The van der Waals surface area contributed by atoms with Crippen molar-refractivity contribution in [1.29, 1.82) is 0 Å². The standard InChI is InChI=1S/C24H16BrCl/c25-21-16-20(17-10-4-1-5-11-17)24(26)23(19-14-8-3-9-15-19)22(21)18-12-6-2-7-13-18/h1-16H. The van der Waals surface area contributed by atoms with Crippen LogP contribution in [0, 0.1) is 0 Å². The number of benzene rings is 4. The molecule has 0 saturated carbocycles. The number of rotatable bonds is 3. The molecule has 0 aromatic heterocycles. The van der Waals surface area contributed by atoms with Crippen molar-refractivity contribution >= 4 is 27.5 Å². The molecule has 0 spiro atoms. The number of hydrogen-bond donors (Lipinski definition) is 0. The van der Waals surface area contributed by atoms with E-state index in [2.05, 4.69) is 70.5 Å². The van der Waals surface area contributed by atoms with E-state index in [1.54, 1.807) is 0 Å². The van der Waals surface area contributed by atoms with Gasteiger partial charge in [-0.05, 0) is 22.8 Å². The molecule has 0 atom stereocenters. The largest absolute Gasteiger partial charge is 0.0830 e. The van der Waals surface area contributed by atoms with Gasteiger partial charge in [0.15, 0.2) is 0 Å². The van der Waals surface area contributed by atoms with E-state index in [4.69, 9.17) is 11.6 Å². The van der Waals surface area contributed by atoms with E-state index in [1.807, 2.05) is 42.5 Å². The third-order valence-electron chi connectivity index (χ3n) is 4.43. The van der Waals surface area contributed by atoms with E-state index in [0.717, 1.165) is 42.9 Å². The lowest BCUT2D eigenvalue weighted by atomic mass is 9.91. The average Bonchev–Trinajstić information content (AvgIpc) is 2.71.